The van der Waals surface area contributed by atoms with Crippen LogP contribution >= 0.6 is 11.3 Å². The summed E-state index contributed by atoms with van der Waals surface area (Å²) in [5.74, 6) is 0.660. The third-order valence-electron chi connectivity index (χ3n) is 5.20. The number of nitrogens with zero attached hydrogens (tertiary/aromatic N) is 2. The Morgan fingerprint density at radius 2 is 1.90 bits per heavy atom. The van der Waals surface area contributed by atoms with Crippen LogP contribution in [0.3, 0.4) is 0 Å². The molecule has 30 heavy (non-hydrogen) atoms. The van der Waals surface area contributed by atoms with E-state index in [0.29, 0.717) is 5.13 Å². The van der Waals surface area contributed by atoms with E-state index in [-0.39, 0.29) is 12.3 Å². The molecule has 2 aromatic heterocycles. The van der Waals surface area contributed by atoms with E-state index in [2.05, 4.69) is 15.3 Å². The molecule has 0 bridgehead atoms. The first-order valence-corrected chi connectivity index (χ1v) is 10.6. The molecule has 0 atom stereocenters. The number of nitrogens with one attached hydrogen (secondary N) is 1. The Morgan fingerprint density at radius 1 is 1.10 bits per heavy atom. The van der Waals surface area contributed by atoms with Crippen molar-refractivity contribution in [1.29, 1.82) is 0 Å². The lowest BCUT2D eigenvalue weighted by atomic mass is 9.99. The number of pyridine rings is 1. The van der Waals surface area contributed by atoms with Crippen molar-refractivity contribution < 1.29 is 9.53 Å². The van der Waals surface area contributed by atoms with E-state index in [1.54, 1.807) is 7.11 Å². The maximum atomic E-state index is 12.7. The van der Waals surface area contributed by atoms with E-state index in [1.165, 1.54) is 11.3 Å². The highest BCUT2D eigenvalue weighted by Gasteiger charge is 2.15. The Kier molecular flexibility index (Phi) is 5.50. The summed E-state index contributed by atoms with van der Waals surface area (Å²) in [6.07, 6.45) is 0.262. The largest absolute Gasteiger partial charge is 0.496 e. The van der Waals surface area contributed by atoms with Gasteiger partial charge in [0.05, 0.1) is 24.7 Å². The van der Waals surface area contributed by atoms with Gasteiger partial charge in [0.15, 0.2) is 5.13 Å². The zero-order valence-corrected chi connectivity index (χ0v) is 18.3. The predicted octanol–water partition coefficient (Wildman–Crippen LogP) is 5.47. The molecule has 0 fully saturated rings. The highest BCUT2D eigenvalue weighted by Crippen LogP contribution is 2.33. The van der Waals surface area contributed by atoms with Crippen molar-refractivity contribution in [2.24, 2.45) is 0 Å². The number of rotatable bonds is 5. The quantitative estimate of drug-likeness (QED) is 0.467. The first-order valence-electron chi connectivity index (χ1n) is 9.71. The van der Waals surface area contributed by atoms with Gasteiger partial charge in [-0.2, -0.15) is 0 Å². The van der Waals surface area contributed by atoms with Crippen LogP contribution in [0.25, 0.3) is 22.2 Å². The number of methoxy groups -OCH3 is 1. The van der Waals surface area contributed by atoms with Gasteiger partial charge in [0.2, 0.25) is 5.91 Å². The van der Waals surface area contributed by atoms with Gasteiger partial charge in [0, 0.05) is 22.0 Å². The fourth-order valence-electron chi connectivity index (χ4n) is 3.63. The highest BCUT2D eigenvalue weighted by molar-refractivity contribution is 7.14. The van der Waals surface area contributed by atoms with Crippen LogP contribution in [0.4, 0.5) is 5.13 Å². The minimum absolute atomic E-state index is 0.101. The number of benzene rings is 2. The van der Waals surface area contributed by atoms with Gasteiger partial charge in [-0.1, -0.05) is 29.8 Å². The van der Waals surface area contributed by atoms with E-state index in [9.17, 15) is 4.79 Å². The fraction of sp³-hybridized carbons (Fsp3) is 0.208. The van der Waals surface area contributed by atoms with Gasteiger partial charge >= 0.3 is 0 Å². The number of aromatic nitrogens is 2. The van der Waals surface area contributed by atoms with Crippen LogP contribution in [0, 0.1) is 20.8 Å². The van der Waals surface area contributed by atoms with E-state index in [1.807, 2.05) is 68.6 Å². The summed E-state index contributed by atoms with van der Waals surface area (Å²) in [7, 11) is 1.64. The molecular weight excluding hydrogens is 394 g/mol. The number of aryl methyl sites for hydroxylation is 3. The molecule has 0 saturated heterocycles. The number of fused-ring (bicyclic) bond motifs is 1. The molecule has 0 spiro atoms. The SMILES string of the molecule is COc1ccc(C)cc1-c1csc(NC(=O)Cc2c(C)nc3ccccc3c2C)n1. The number of hydrogen-bond donors (Lipinski definition) is 1. The lowest BCUT2D eigenvalue weighted by Gasteiger charge is -2.12. The Morgan fingerprint density at radius 3 is 2.70 bits per heavy atom. The molecule has 2 heterocycles. The van der Waals surface area contributed by atoms with Gasteiger partial charge in [0.1, 0.15) is 5.75 Å². The summed E-state index contributed by atoms with van der Waals surface area (Å²) >= 11 is 1.41. The smallest absolute Gasteiger partial charge is 0.230 e. The van der Waals surface area contributed by atoms with Crippen molar-refractivity contribution in [2.75, 3.05) is 12.4 Å². The molecule has 4 aromatic rings. The third kappa shape index (κ3) is 3.91. The van der Waals surface area contributed by atoms with Crippen molar-refractivity contribution >= 4 is 33.3 Å². The highest BCUT2D eigenvalue weighted by atomic mass is 32.1. The average Bonchev–Trinajstić information content (AvgIpc) is 3.19. The van der Waals surface area contributed by atoms with Crippen molar-refractivity contribution in [3.8, 4) is 17.0 Å². The van der Waals surface area contributed by atoms with Crippen LogP contribution in [0.2, 0.25) is 0 Å². The Labute approximate surface area is 179 Å². The van der Waals surface area contributed by atoms with Gasteiger partial charge in [-0.3, -0.25) is 9.78 Å². The zero-order chi connectivity index (χ0) is 21.3. The number of thiazole rings is 1. The van der Waals surface area contributed by atoms with E-state index >= 15 is 0 Å². The first-order chi connectivity index (χ1) is 14.5. The summed E-state index contributed by atoms with van der Waals surface area (Å²) in [6.45, 7) is 6.03. The second kappa shape index (κ2) is 8.24. The Hall–Kier alpha value is -3.25. The number of carbonyl (C=O) groups excluding carboxylic acids is 1. The minimum atomic E-state index is -0.101. The van der Waals surface area contributed by atoms with Crippen LogP contribution in [-0.4, -0.2) is 23.0 Å². The molecule has 1 amide bonds. The molecule has 0 aliphatic rings. The second-order valence-corrected chi connectivity index (χ2v) is 8.14. The molecule has 0 radical (unpaired) electrons. The molecule has 1 N–H and O–H groups in total. The summed E-state index contributed by atoms with van der Waals surface area (Å²) < 4.78 is 5.46. The van der Waals surface area contributed by atoms with Crippen LogP contribution in [0.15, 0.2) is 47.8 Å². The Bertz CT molecular complexity index is 1250. The van der Waals surface area contributed by atoms with Gasteiger partial charge in [-0.15, -0.1) is 11.3 Å². The summed E-state index contributed by atoms with van der Waals surface area (Å²) in [5, 5.41) is 6.52. The monoisotopic (exact) mass is 417 g/mol. The molecule has 152 valence electrons. The van der Waals surface area contributed by atoms with Crippen molar-refractivity contribution in [3.63, 3.8) is 0 Å². The zero-order valence-electron chi connectivity index (χ0n) is 17.4. The molecule has 6 heteroatoms. The van der Waals surface area contributed by atoms with Gasteiger partial charge in [0.25, 0.3) is 0 Å². The minimum Gasteiger partial charge on any atom is -0.496 e. The van der Waals surface area contributed by atoms with Crippen LogP contribution in [0.5, 0.6) is 5.75 Å². The molecule has 0 saturated carbocycles. The first kappa shape index (κ1) is 20.0. The summed E-state index contributed by atoms with van der Waals surface area (Å²) in [6, 6.07) is 14.0. The molecular formula is C24H23N3O2S. The maximum absolute atomic E-state index is 12.7. The van der Waals surface area contributed by atoms with Gasteiger partial charge < -0.3 is 10.1 Å². The summed E-state index contributed by atoms with van der Waals surface area (Å²) in [4.78, 5) is 22.0. The predicted molar refractivity (Wildman–Crippen MR) is 122 cm³/mol. The van der Waals surface area contributed by atoms with Crippen LogP contribution in [-0.2, 0) is 11.2 Å². The number of carbonyl (C=O) groups is 1. The molecule has 4 rings (SSSR count). The molecule has 2 aromatic carbocycles. The number of ether oxygens (including phenoxy) is 1. The lowest BCUT2D eigenvalue weighted by Crippen LogP contribution is -2.16. The number of para-hydroxylation sites is 1. The van der Waals surface area contributed by atoms with Crippen molar-refractivity contribution in [3.05, 3.63) is 70.2 Å². The molecule has 0 unspecified atom stereocenters. The van der Waals surface area contributed by atoms with Crippen molar-refractivity contribution in [1.82, 2.24) is 9.97 Å². The van der Waals surface area contributed by atoms with Gasteiger partial charge in [-0.25, -0.2) is 4.98 Å². The molecule has 5 nitrogen and oxygen atoms in total. The number of anilines is 1. The third-order valence-corrected chi connectivity index (χ3v) is 5.96. The van der Waals surface area contributed by atoms with E-state index in [0.717, 1.165) is 50.3 Å². The number of hydrogen-bond acceptors (Lipinski definition) is 5. The van der Waals surface area contributed by atoms with Gasteiger partial charge in [-0.05, 0) is 50.1 Å². The normalized spacial score (nSPS) is 10.9. The number of amides is 1. The fourth-order valence-corrected chi connectivity index (χ4v) is 4.36. The van der Waals surface area contributed by atoms with Crippen molar-refractivity contribution in [2.45, 2.75) is 27.2 Å². The van der Waals surface area contributed by atoms with E-state index < -0.39 is 0 Å². The topological polar surface area (TPSA) is 64.1 Å². The van der Waals surface area contributed by atoms with Crippen LogP contribution in [0.1, 0.15) is 22.4 Å². The van der Waals surface area contributed by atoms with Crippen LogP contribution < -0.4 is 10.1 Å². The lowest BCUT2D eigenvalue weighted by molar-refractivity contribution is -0.115. The second-order valence-electron chi connectivity index (χ2n) is 7.28. The summed E-state index contributed by atoms with van der Waals surface area (Å²) in [5.41, 5.74) is 6.72. The Balaban J connectivity index is 1.55. The molecule has 0 aliphatic heterocycles. The maximum Gasteiger partial charge on any atom is 0.230 e. The standard InChI is InChI=1S/C24H23N3O2S/c1-14-9-10-22(29-4)19(11-14)21-13-30-24(26-21)27-23(28)12-18-15(2)17-7-5-6-8-20(17)25-16(18)3/h5-11,13H,12H2,1-4H3,(H,26,27,28). The van der Waals surface area contributed by atoms with E-state index in [4.69, 9.17) is 4.74 Å². The average molecular weight is 418 g/mol. The molecule has 0 aliphatic carbocycles.